The van der Waals surface area contributed by atoms with E-state index in [4.69, 9.17) is 21.1 Å². The van der Waals surface area contributed by atoms with Crippen LogP contribution in [0.4, 0.5) is 10.1 Å². The minimum Gasteiger partial charge on any atom is -0.493 e. The SMILES string of the molecule is COc1cc(C2Nc3ccc4ccccc4c3C3=C2C(=O)CC(C)(C)C3)ccc1OCc1c(F)cccc1Cl. The molecule has 1 aliphatic heterocycles. The summed E-state index contributed by atoms with van der Waals surface area (Å²) in [4.78, 5) is 13.7. The first kappa shape index (κ1) is 25.4. The van der Waals surface area contributed by atoms with Crippen LogP contribution in [-0.2, 0) is 11.4 Å². The molecule has 198 valence electrons. The van der Waals surface area contributed by atoms with Crippen molar-refractivity contribution in [1.82, 2.24) is 0 Å². The van der Waals surface area contributed by atoms with Crippen molar-refractivity contribution in [3.8, 4) is 11.5 Å². The van der Waals surface area contributed by atoms with Crippen LogP contribution < -0.4 is 14.8 Å². The summed E-state index contributed by atoms with van der Waals surface area (Å²) in [7, 11) is 1.57. The number of ether oxygens (including phenoxy) is 2. The normalized spacial score (nSPS) is 17.9. The van der Waals surface area contributed by atoms with E-state index in [0.717, 1.165) is 45.2 Å². The van der Waals surface area contributed by atoms with Gasteiger partial charge in [0.15, 0.2) is 17.3 Å². The predicted molar refractivity (Wildman–Crippen MR) is 154 cm³/mol. The van der Waals surface area contributed by atoms with Gasteiger partial charge in [-0.1, -0.05) is 67.9 Å². The molecule has 1 aliphatic carbocycles. The van der Waals surface area contributed by atoms with Crippen molar-refractivity contribution in [3.05, 3.63) is 106 Å². The van der Waals surface area contributed by atoms with Gasteiger partial charge >= 0.3 is 0 Å². The number of hydrogen-bond donors (Lipinski definition) is 1. The third-order valence-electron chi connectivity index (χ3n) is 7.69. The Kier molecular flexibility index (Phi) is 6.35. The molecule has 1 N–H and O–H groups in total. The van der Waals surface area contributed by atoms with Gasteiger partial charge in [-0.05, 0) is 64.1 Å². The molecule has 1 atom stereocenters. The zero-order valence-electron chi connectivity index (χ0n) is 22.1. The largest absolute Gasteiger partial charge is 0.493 e. The van der Waals surface area contributed by atoms with Crippen LogP contribution in [0, 0.1) is 11.2 Å². The van der Waals surface area contributed by atoms with Crippen LogP contribution in [0.2, 0.25) is 5.02 Å². The summed E-state index contributed by atoms with van der Waals surface area (Å²) in [6.07, 6.45) is 1.31. The lowest BCUT2D eigenvalue weighted by atomic mass is 9.68. The molecule has 0 bridgehead atoms. The Morgan fingerprint density at radius 3 is 2.62 bits per heavy atom. The molecule has 4 nitrogen and oxygen atoms in total. The monoisotopic (exact) mass is 541 g/mol. The van der Waals surface area contributed by atoms with Crippen LogP contribution in [0.3, 0.4) is 0 Å². The molecule has 1 unspecified atom stereocenters. The zero-order valence-corrected chi connectivity index (χ0v) is 22.9. The molecule has 1 heterocycles. The third kappa shape index (κ3) is 4.55. The molecular formula is C33H29ClFNO3. The van der Waals surface area contributed by atoms with Gasteiger partial charge in [-0.15, -0.1) is 0 Å². The number of nitrogens with one attached hydrogen (secondary N) is 1. The lowest BCUT2D eigenvalue weighted by Crippen LogP contribution is -2.33. The van der Waals surface area contributed by atoms with E-state index in [1.807, 2.05) is 24.3 Å². The maximum Gasteiger partial charge on any atom is 0.162 e. The van der Waals surface area contributed by atoms with Crippen LogP contribution in [0.15, 0.2) is 78.4 Å². The summed E-state index contributed by atoms with van der Waals surface area (Å²) in [6.45, 7) is 4.28. The first-order valence-electron chi connectivity index (χ1n) is 13.0. The number of ketones is 1. The van der Waals surface area contributed by atoms with E-state index in [-0.39, 0.29) is 29.4 Å². The molecule has 4 aromatic carbocycles. The second kappa shape index (κ2) is 9.73. The minimum atomic E-state index is -0.422. The van der Waals surface area contributed by atoms with Crippen molar-refractivity contribution in [2.75, 3.05) is 12.4 Å². The van der Waals surface area contributed by atoms with Gasteiger partial charge in [0.25, 0.3) is 0 Å². The molecule has 2 aliphatic rings. The van der Waals surface area contributed by atoms with Crippen molar-refractivity contribution in [3.63, 3.8) is 0 Å². The topological polar surface area (TPSA) is 47.6 Å². The number of Topliss-reactive ketones (excluding diaryl/α,β-unsaturated/α-hetero) is 1. The van der Waals surface area contributed by atoms with Gasteiger partial charge in [0.2, 0.25) is 0 Å². The number of fused-ring (bicyclic) bond motifs is 4. The fraction of sp³-hybridized carbons (Fsp3) is 0.242. The Morgan fingerprint density at radius 2 is 1.82 bits per heavy atom. The number of methoxy groups -OCH3 is 1. The van der Waals surface area contributed by atoms with Crippen molar-refractivity contribution in [1.29, 1.82) is 0 Å². The molecule has 6 rings (SSSR count). The Hall–Kier alpha value is -3.83. The second-order valence-corrected chi connectivity index (χ2v) is 11.4. The molecule has 6 heteroatoms. The average molecular weight is 542 g/mol. The molecule has 0 saturated carbocycles. The highest BCUT2D eigenvalue weighted by atomic mass is 35.5. The van der Waals surface area contributed by atoms with E-state index in [9.17, 15) is 9.18 Å². The number of allylic oxidation sites excluding steroid dienone is 1. The molecule has 4 aromatic rings. The lowest BCUT2D eigenvalue weighted by Gasteiger charge is -2.40. The van der Waals surface area contributed by atoms with E-state index < -0.39 is 5.82 Å². The number of rotatable bonds is 5. The molecular weight excluding hydrogens is 513 g/mol. The Bertz CT molecular complexity index is 1640. The fourth-order valence-corrected chi connectivity index (χ4v) is 6.11. The fourth-order valence-electron chi connectivity index (χ4n) is 5.89. The quantitative estimate of drug-likeness (QED) is 0.275. The van der Waals surface area contributed by atoms with E-state index in [1.165, 1.54) is 6.07 Å². The number of carbonyl (C=O) groups is 1. The van der Waals surface area contributed by atoms with Gasteiger partial charge in [0, 0.05) is 28.8 Å². The number of benzene rings is 4. The number of anilines is 1. The van der Waals surface area contributed by atoms with Crippen LogP contribution in [0.25, 0.3) is 16.3 Å². The first-order valence-corrected chi connectivity index (χ1v) is 13.4. The summed E-state index contributed by atoms with van der Waals surface area (Å²) in [5, 5.41) is 6.27. The maximum atomic E-state index is 14.3. The van der Waals surface area contributed by atoms with Crippen LogP contribution in [0.1, 0.15) is 49.4 Å². The molecule has 0 saturated heterocycles. The highest BCUT2D eigenvalue weighted by Crippen LogP contribution is 2.52. The summed E-state index contributed by atoms with van der Waals surface area (Å²) in [6, 6.07) is 22.4. The maximum absolute atomic E-state index is 14.3. The highest BCUT2D eigenvalue weighted by Gasteiger charge is 2.41. The molecule has 0 fully saturated rings. The van der Waals surface area contributed by atoms with Crippen molar-refractivity contribution in [2.24, 2.45) is 5.41 Å². The lowest BCUT2D eigenvalue weighted by molar-refractivity contribution is -0.118. The standard InChI is InChI=1S/C33H29ClFNO3/c1-33(2)16-22-30-21-8-5-4-7-19(21)11-13-26(30)36-32(31(22)27(37)17-33)20-12-14-28(29(15-20)38-3)39-18-23-24(34)9-6-10-25(23)35/h4-15,32,36H,16-18H2,1-3H3. The molecule has 0 amide bonds. The van der Waals surface area contributed by atoms with Gasteiger partial charge in [0.05, 0.1) is 18.2 Å². The van der Waals surface area contributed by atoms with Gasteiger partial charge in [-0.25, -0.2) is 4.39 Å². The Balaban J connectivity index is 1.42. The van der Waals surface area contributed by atoms with E-state index >= 15 is 0 Å². The van der Waals surface area contributed by atoms with Gasteiger partial charge < -0.3 is 14.8 Å². The van der Waals surface area contributed by atoms with E-state index in [1.54, 1.807) is 25.3 Å². The van der Waals surface area contributed by atoms with Crippen molar-refractivity contribution in [2.45, 2.75) is 39.3 Å². The number of carbonyl (C=O) groups excluding carboxylic acids is 1. The number of halogens is 2. The van der Waals surface area contributed by atoms with Crippen molar-refractivity contribution >= 4 is 39.4 Å². The summed E-state index contributed by atoms with van der Waals surface area (Å²) in [5.74, 6) is 0.699. The van der Waals surface area contributed by atoms with Crippen molar-refractivity contribution < 1.29 is 18.7 Å². The second-order valence-electron chi connectivity index (χ2n) is 11.0. The van der Waals surface area contributed by atoms with Crippen LogP contribution in [0.5, 0.6) is 11.5 Å². The smallest absolute Gasteiger partial charge is 0.162 e. The van der Waals surface area contributed by atoms with Crippen LogP contribution in [-0.4, -0.2) is 12.9 Å². The summed E-state index contributed by atoms with van der Waals surface area (Å²) in [5.41, 5.74) is 5.10. The van der Waals surface area contributed by atoms with E-state index in [2.05, 4.69) is 43.4 Å². The summed E-state index contributed by atoms with van der Waals surface area (Å²) >= 11 is 6.18. The van der Waals surface area contributed by atoms with E-state index in [0.29, 0.717) is 22.9 Å². The Morgan fingerprint density at radius 1 is 1.00 bits per heavy atom. The minimum absolute atomic E-state index is 0.0355. The zero-order chi connectivity index (χ0) is 27.3. The Labute approximate surface area is 232 Å². The van der Waals surface area contributed by atoms with Gasteiger partial charge in [0.1, 0.15) is 12.4 Å². The van der Waals surface area contributed by atoms with Gasteiger partial charge in [-0.3, -0.25) is 4.79 Å². The number of hydrogen-bond acceptors (Lipinski definition) is 4. The summed E-state index contributed by atoms with van der Waals surface area (Å²) < 4.78 is 25.9. The predicted octanol–water partition coefficient (Wildman–Crippen LogP) is 8.53. The van der Waals surface area contributed by atoms with Crippen LogP contribution >= 0.6 is 11.6 Å². The average Bonchev–Trinajstić information content (AvgIpc) is 2.91. The molecule has 39 heavy (non-hydrogen) atoms. The first-order chi connectivity index (χ1) is 18.8. The molecule has 0 aromatic heterocycles. The highest BCUT2D eigenvalue weighted by molar-refractivity contribution is 6.31. The molecule has 0 radical (unpaired) electrons. The van der Waals surface area contributed by atoms with Gasteiger partial charge in [-0.2, -0.15) is 0 Å². The molecule has 0 spiro atoms. The third-order valence-corrected chi connectivity index (χ3v) is 8.05.